The van der Waals surface area contributed by atoms with Crippen molar-refractivity contribution in [1.82, 2.24) is 15.5 Å². The Morgan fingerprint density at radius 3 is 2.59 bits per heavy atom. The molecule has 0 radical (unpaired) electrons. The van der Waals surface area contributed by atoms with Crippen molar-refractivity contribution in [2.24, 2.45) is 0 Å². The average molecular weight is 433 g/mol. The van der Waals surface area contributed by atoms with Gasteiger partial charge in [-0.2, -0.15) is 0 Å². The molecule has 150 valence electrons. The summed E-state index contributed by atoms with van der Waals surface area (Å²) in [7, 11) is 0. The highest BCUT2D eigenvalue weighted by Gasteiger charge is 2.24. The van der Waals surface area contributed by atoms with Crippen molar-refractivity contribution >= 4 is 40.7 Å². The lowest BCUT2D eigenvalue weighted by Gasteiger charge is -2.18. The van der Waals surface area contributed by atoms with Crippen molar-refractivity contribution in [2.45, 2.75) is 19.1 Å². The largest absolute Gasteiger partial charge is 0.445 e. The molecule has 3 N–H and O–H groups in total. The Hall–Kier alpha value is -3.11. The highest BCUT2D eigenvalue weighted by atomic mass is 32.1. The number of carbonyl (C=O) groups excluding carboxylic acids is 2. The van der Waals surface area contributed by atoms with Gasteiger partial charge in [-0.15, -0.1) is 5.10 Å². The number of halogens is 1. The van der Waals surface area contributed by atoms with Crippen LogP contribution in [-0.2, 0) is 22.6 Å². The number of benzene rings is 2. The second kappa shape index (κ2) is 9.89. The number of aromatic nitrogens is 2. The zero-order chi connectivity index (χ0) is 20.6. The lowest BCUT2D eigenvalue weighted by molar-refractivity contribution is -0.118. The van der Waals surface area contributed by atoms with Gasteiger partial charge in [-0.25, -0.2) is 9.18 Å². The number of H-pyrrole nitrogens is 1. The topological polar surface area (TPSA) is 96.1 Å². The normalized spacial score (nSPS) is 11.5. The Kier molecular flexibility index (Phi) is 7.04. The quantitative estimate of drug-likeness (QED) is 0.494. The molecule has 29 heavy (non-hydrogen) atoms. The fourth-order valence-corrected chi connectivity index (χ4v) is 3.27. The third-order valence-electron chi connectivity index (χ3n) is 3.87. The summed E-state index contributed by atoms with van der Waals surface area (Å²) in [6, 6.07) is 14.1. The molecule has 0 saturated carbocycles. The molecular weight excluding hydrogens is 415 g/mol. The first-order chi connectivity index (χ1) is 14.0. The molecule has 0 bridgehead atoms. The van der Waals surface area contributed by atoms with E-state index in [0.29, 0.717) is 3.95 Å². The first kappa shape index (κ1) is 20.6. The van der Waals surface area contributed by atoms with Gasteiger partial charge in [0.15, 0.2) is 3.95 Å². The van der Waals surface area contributed by atoms with Crippen molar-refractivity contribution in [2.75, 3.05) is 5.32 Å². The maximum Gasteiger partial charge on any atom is 0.408 e. The SMILES string of the molecule is O=C(N[C@@H](Cc1ccccc1F)C(=O)Nc1n[nH]c(=S)s1)OCc1ccccc1. The fraction of sp³-hybridized carbons (Fsp3) is 0.158. The first-order valence-electron chi connectivity index (χ1n) is 8.58. The van der Waals surface area contributed by atoms with Gasteiger partial charge in [-0.05, 0) is 29.4 Å². The van der Waals surface area contributed by atoms with Gasteiger partial charge in [0.2, 0.25) is 11.0 Å². The monoisotopic (exact) mass is 432 g/mol. The van der Waals surface area contributed by atoms with Crippen LogP contribution >= 0.6 is 23.6 Å². The molecule has 2 aromatic carbocycles. The van der Waals surface area contributed by atoms with Gasteiger partial charge < -0.3 is 10.1 Å². The van der Waals surface area contributed by atoms with Gasteiger partial charge in [0.05, 0.1) is 0 Å². The molecule has 3 rings (SSSR count). The fourth-order valence-electron chi connectivity index (χ4n) is 2.48. The summed E-state index contributed by atoms with van der Waals surface area (Å²) in [4.78, 5) is 24.9. The molecule has 7 nitrogen and oxygen atoms in total. The molecule has 2 amide bonds. The summed E-state index contributed by atoms with van der Waals surface area (Å²) in [6.07, 6.45) is -0.852. The minimum absolute atomic E-state index is 0.0431. The number of rotatable bonds is 7. The smallest absolute Gasteiger partial charge is 0.408 e. The number of carbonyl (C=O) groups is 2. The number of ether oxygens (including phenoxy) is 1. The summed E-state index contributed by atoms with van der Waals surface area (Å²) >= 11 is 6.00. The zero-order valence-electron chi connectivity index (χ0n) is 15.1. The van der Waals surface area contributed by atoms with E-state index in [0.717, 1.165) is 16.9 Å². The Labute approximate surface area is 174 Å². The highest BCUT2D eigenvalue weighted by molar-refractivity contribution is 7.73. The molecule has 1 heterocycles. The van der Waals surface area contributed by atoms with E-state index in [1.54, 1.807) is 18.2 Å². The Balaban J connectivity index is 1.69. The predicted octanol–water partition coefficient (Wildman–Crippen LogP) is 3.82. The van der Waals surface area contributed by atoms with E-state index >= 15 is 0 Å². The van der Waals surface area contributed by atoms with Crippen molar-refractivity contribution in [3.8, 4) is 0 Å². The average Bonchev–Trinajstić information content (AvgIpc) is 3.13. The van der Waals surface area contributed by atoms with Crippen molar-refractivity contribution in [3.05, 3.63) is 75.5 Å². The second-order valence-corrected chi connectivity index (χ2v) is 7.63. The van der Waals surface area contributed by atoms with Gasteiger partial charge in [-0.3, -0.25) is 15.2 Å². The van der Waals surface area contributed by atoms with E-state index in [-0.39, 0.29) is 23.7 Å². The third-order valence-corrected chi connectivity index (χ3v) is 4.88. The number of hydrogen-bond donors (Lipinski definition) is 3. The van der Waals surface area contributed by atoms with Crippen LogP contribution in [0.5, 0.6) is 0 Å². The van der Waals surface area contributed by atoms with Gasteiger partial charge in [0.1, 0.15) is 18.5 Å². The van der Waals surface area contributed by atoms with Crippen molar-refractivity contribution in [1.29, 1.82) is 0 Å². The Morgan fingerprint density at radius 2 is 1.90 bits per heavy atom. The predicted molar refractivity (Wildman–Crippen MR) is 110 cm³/mol. The van der Waals surface area contributed by atoms with Gasteiger partial charge in [0, 0.05) is 6.42 Å². The molecule has 0 aliphatic rings. The third kappa shape index (κ3) is 6.19. The molecule has 0 saturated heterocycles. The number of nitrogens with one attached hydrogen (secondary N) is 3. The van der Waals surface area contributed by atoms with Crippen molar-refractivity contribution < 1.29 is 18.7 Å². The maximum atomic E-state index is 14.0. The van der Waals surface area contributed by atoms with Crippen molar-refractivity contribution in [3.63, 3.8) is 0 Å². The number of aromatic amines is 1. The number of anilines is 1. The van der Waals surface area contributed by atoms with Crippen LogP contribution in [0.15, 0.2) is 54.6 Å². The van der Waals surface area contributed by atoms with Gasteiger partial charge in [-0.1, -0.05) is 59.9 Å². The molecule has 0 unspecified atom stereocenters. The minimum atomic E-state index is -1.08. The summed E-state index contributed by atoms with van der Waals surface area (Å²) in [5.74, 6) is -1.04. The van der Waals surface area contributed by atoms with Crippen LogP contribution in [0.2, 0.25) is 0 Å². The molecule has 0 fully saturated rings. The minimum Gasteiger partial charge on any atom is -0.445 e. The van der Waals surface area contributed by atoms with E-state index in [9.17, 15) is 14.0 Å². The first-order valence-corrected chi connectivity index (χ1v) is 9.81. The molecule has 0 aliphatic carbocycles. The van der Waals surface area contributed by atoms with Crippen LogP contribution in [0.3, 0.4) is 0 Å². The lowest BCUT2D eigenvalue weighted by Crippen LogP contribution is -2.45. The molecule has 0 aliphatic heterocycles. The van der Waals surface area contributed by atoms with E-state index in [2.05, 4.69) is 20.8 Å². The summed E-state index contributed by atoms with van der Waals surface area (Å²) < 4.78 is 19.6. The Morgan fingerprint density at radius 1 is 1.17 bits per heavy atom. The van der Waals surface area contributed by atoms with Crippen LogP contribution < -0.4 is 10.6 Å². The zero-order valence-corrected chi connectivity index (χ0v) is 16.7. The molecule has 10 heteroatoms. The molecule has 3 aromatic rings. The van der Waals surface area contributed by atoms with E-state index in [1.807, 2.05) is 30.3 Å². The maximum absolute atomic E-state index is 14.0. The molecule has 1 atom stereocenters. The standard InChI is InChI=1S/C19H17FN4O3S2/c20-14-9-5-4-8-13(14)10-15(16(25)22-17-23-24-19(28)29-17)21-18(26)27-11-12-6-2-1-3-7-12/h1-9,15H,10-11H2,(H,21,26)(H,24,28)(H,22,23,25)/t15-/m0/s1. The lowest BCUT2D eigenvalue weighted by atomic mass is 10.0. The van der Waals surface area contributed by atoms with Crippen LogP contribution in [0.25, 0.3) is 0 Å². The van der Waals surface area contributed by atoms with E-state index in [1.165, 1.54) is 6.07 Å². The highest BCUT2D eigenvalue weighted by Crippen LogP contribution is 2.14. The second-order valence-electron chi connectivity index (χ2n) is 5.96. The molecule has 1 aromatic heterocycles. The summed E-state index contributed by atoms with van der Waals surface area (Å²) in [5.41, 5.74) is 1.08. The van der Waals surface area contributed by atoms with Crippen LogP contribution in [-0.4, -0.2) is 28.2 Å². The van der Waals surface area contributed by atoms with E-state index in [4.69, 9.17) is 17.0 Å². The number of hydrogen-bond acceptors (Lipinski definition) is 6. The number of nitrogens with zero attached hydrogens (tertiary/aromatic N) is 1. The summed E-state index contributed by atoms with van der Waals surface area (Å²) in [6.45, 7) is 0.0431. The van der Waals surface area contributed by atoms with E-state index < -0.39 is 23.9 Å². The number of amides is 2. The Bertz CT molecular complexity index is 1040. The van der Waals surface area contributed by atoms with Gasteiger partial charge >= 0.3 is 6.09 Å². The van der Waals surface area contributed by atoms with Gasteiger partial charge in [0.25, 0.3) is 0 Å². The van der Waals surface area contributed by atoms with Crippen LogP contribution in [0.1, 0.15) is 11.1 Å². The molecule has 0 spiro atoms. The van der Waals surface area contributed by atoms with Crippen LogP contribution in [0, 0.1) is 9.77 Å². The number of alkyl carbamates (subject to hydrolysis) is 1. The van der Waals surface area contributed by atoms with Crippen LogP contribution in [0.4, 0.5) is 14.3 Å². The summed E-state index contributed by atoms with van der Waals surface area (Å²) in [5, 5.41) is 11.7. The molecular formula is C19H17FN4O3S2.